The van der Waals surface area contributed by atoms with Crippen LogP contribution in [0.25, 0.3) is 0 Å². The minimum atomic E-state index is -0.0642. The van der Waals surface area contributed by atoms with Crippen molar-refractivity contribution in [1.29, 1.82) is 0 Å². The van der Waals surface area contributed by atoms with Crippen LogP contribution < -0.4 is 10.5 Å². The van der Waals surface area contributed by atoms with Gasteiger partial charge in [0.2, 0.25) is 0 Å². The molecule has 104 valence electrons. The third kappa shape index (κ3) is 3.54. The van der Waals surface area contributed by atoms with Crippen molar-refractivity contribution in [2.24, 2.45) is 10.9 Å². The molecular formula is C12H18N4O3. The molecule has 1 aliphatic carbocycles. The van der Waals surface area contributed by atoms with Crippen LogP contribution in [-0.4, -0.2) is 40.3 Å². The molecule has 0 radical (unpaired) electrons. The Morgan fingerprint density at radius 3 is 3.00 bits per heavy atom. The highest BCUT2D eigenvalue weighted by molar-refractivity contribution is 5.95. The third-order valence-corrected chi connectivity index (χ3v) is 3.19. The van der Waals surface area contributed by atoms with Crippen LogP contribution in [0.5, 0.6) is 6.01 Å². The predicted octanol–water partition coefficient (Wildman–Crippen LogP) is 0.907. The standard InChI is InChI=1S/C12H18N4O3/c1-18-8-3-2-4-9(7-8)19-12-14-6-5-10(15-12)11(13)16-17/h5-6,8-9,17H,2-4,7H2,1H3,(H2,13,16). The quantitative estimate of drug-likeness (QED) is 0.363. The number of nitrogens with two attached hydrogens (primary N) is 1. The molecular weight excluding hydrogens is 248 g/mol. The second-order valence-corrected chi connectivity index (χ2v) is 4.47. The monoisotopic (exact) mass is 266 g/mol. The summed E-state index contributed by atoms with van der Waals surface area (Å²) in [6, 6.07) is 1.80. The van der Waals surface area contributed by atoms with Crippen molar-refractivity contribution in [2.75, 3.05) is 7.11 Å². The number of hydrogen-bond acceptors (Lipinski definition) is 6. The van der Waals surface area contributed by atoms with Gasteiger partial charge in [-0.1, -0.05) is 5.16 Å². The molecule has 1 saturated carbocycles. The molecule has 1 aliphatic rings. The fourth-order valence-corrected chi connectivity index (χ4v) is 2.16. The lowest BCUT2D eigenvalue weighted by molar-refractivity contribution is 0.0178. The van der Waals surface area contributed by atoms with E-state index in [0.29, 0.717) is 5.69 Å². The van der Waals surface area contributed by atoms with Crippen LogP contribution in [0.4, 0.5) is 0 Å². The summed E-state index contributed by atoms with van der Waals surface area (Å²) in [6.45, 7) is 0. The van der Waals surface area contributed by atoms with Crippen LogP contribution in [0.15, 0.2) is 17.4 Å². The molecule has 0 saturated heterocycles. The number of aromatic nitrogens is 2. The van der Waals surface area contributed by atoms with Gasteiger partial charge in [-0.25, -0.2) is 4.98 Å². The Balaban J connectivity index is 2.02. The van der Waals surface area contributed by atoms with E-state index in [2.05, 4.69) is 15.1 Å². The topological polar surface area (TPSA) is 103 Å². The van der Waals surface area contributed by atoms with Crippen molar-refractivity contribution >= 4 is 5.84 Å². The molecule has 1 aromatic heterocycles. The molecule has 3 N–H and O–H groups in total. The SMILES string of the molecule is COC1CCCC(Oc2nccc(/C(N)=N/O)n2)C1. The summed E-state index contributed by atoms with van der Waals surface area (Å²) in [5.74, 6) is -0.0642. The maximum Gasteiger partial charge on any atom is 0.317 e. The molecule has 2 unspecified atom stereocenters. The molecule has 2 rings (SSSR count). The van der Waals surface area contributed by atoms with Gasteiger partial charge in [-0.2, -0.15) is 4.98 Å². The van der Waals surface area contributed by atoms with Crippen LogP contribution in [0, 0.1) is 0 Å². The van der Waals surface area contributed by atoms with Crippen LogP contribution in [0.1, 0.15) is 31.4 Å². The van der Waals surface area contributed by atoms with E-state index in [1.165, 1.54) is 6.20 Å². The summed E-state index contributed by atoms with van der Waals surface area (Å²) in [5.41, 5.74) is 5.81. The van der Waals surface area contributed by atoms with Crippen LogP contribution >= 0.6 is 0 Å². The summed E-state index contributed by atoms with van der Waals surface area (Å²) in [6.07, 6.45) is 5.69. The van der Waals surface area contributed by atoms with E-state index < -0.39 is 0 Å². The predicted molar refractivity (Wildman–Crippen MR) is 68.2 cm³/mol. The van der Waals surface area contributed by atoms with E-state index in [1.54, 1.807) is 13.2 Å². The van der Waals surface area contributed by atoms with Gasteiger partial charge in [0.05, 0.1) is 6.10 Å². The van der Waals surface area contributed by atoms with E-state index in [-0.39, 0.29) is 24.1 Å². The van der Waals surface area contributed by atoms with Gasteiger partial charge in [0.25, 0.3) is 0 Å². The fourth-order valence-electron chi connectivity index (χ4n) is 2.16. The number of hydrogen-bond donors (Lipinski definition) is 2. The molecule has 1 heterocycles. The van der Waals surface area contributed by atoms with E-state index >= 15 is 0 Å². The first-order valence-electron chi connectivity index (χ1n) is 6.23. The molecule has 7 heteroatoms. The van der Waals surface area contributed by atoms with Gasteiger partial charge in [-0.3, -0.25) is 0 Å². The highest BCUT2D eigenvalue weighted by Gasteiger charge is 2.23. The van der Waals surface area contributed by atoms with Gasteiger partial charge in [-0.15, -0.1) is 0 Å². The maximum atomic E-state index is 8.61. The zero-order valence-corrected chi connectivity index (χ0v) is 10.8. The smallest absolute Gasteiger partial charge is 0.317 e. The molecule has 0 amide bonds. The lowest BCUT2D eigenvalue weighted by Gasteiger charge is -2.27. The third-order valence-electron chi connectivity index (χ3n) is 3.19. The van der Waals surface area contributed by atoms with Crippen molar-refractivity contribution < 1.29 is 14.7 Å². The van der Waals surface area contributed by atoms with Crippen molar-refractivity contribution in [3.63, 3.8) is 0 Å². The maximum absolute atomic E-state index is 8.61. The summed E-state index contributed by atoms with van der Waals surface area (Å²) >= 11 is 0. The van der Waals surface area contributed by atoms with E-state index in [0.717, 1.165) is 25.7 Å². The van der Waals surface area contributed by atoms with Crippen molar-refractivity contribution in [2.45, 2.75) is 37.9 Å². The second kappa shape index (κ2) is 6.33. The largest absolute Gasteiger partial charge is 0.460 e. The Kier molecular flexibility index (Phi) is 4.51. The zero-order chi connectivity index (χ0) is 13.7. The first-order chi connectivity index (χ1) is 9.22. The Labute approximate surface area is 111 Å². The van der Waals surface area contributed by atoms with Crippen LogP contribution in [0.3, 0.4) is 0 Å². The van der Waals surface area contributed by atoms with Crippen LogP contribution in [-0.2, 0) is 4.74 Å². The number of nitrogens with zero attached hydrogens (tertiary/aromatic N) is 3. The van der Waals surface area contributed by atoms with Gasteiger partial charge >= 0.3 is 6.01 Å². The second-order valence-electron chi connectivity index (χ2n) is 4.47. The highest BCUT2D eigenvalue weighted by Crippen LogP contribution is 2.23. The molecule has 0 aromatic carbocycles. The number of oxime groups is 1. The highest BCUT2D eigenvalue weighted by atomic mass is 16.5. The minimum Gasteiger partial charge on any atom is -0.460 e. The molecule has 1 aromatic rings. The van der Waals surface area contributed by atoms with Crippen LogP contribution in [0.2, 0.25) is 0 Å². The fraction of sp³-hybridized carbons (Fsp3) is 0.583. The van der Waals surface area contributed by atoms with Crippen molar-refractivity contribution in [3.8, 4) is 6.01 Å². The zero-order valence-electron chi connectivity index (χ0n) is 10.8. The number of ether oxygens (including phenoxy) is 2. The van der Waals surface area contributed by atoms with E-state index in [1.807, 2.05) is 0 Å². The van der Waals surface area contributed by atoms with Crippen molar-refractivity contribution in [3.05, 3.63) is 18.0 Å². The summed E-state index contributed by atoms with van der Waals surface area (Å²) < 4.78 is 11.1. The molecule has 0 aliphatic heterocycles. The average molecular weight is 266 g/mol. The molecule has 19 heavy (non-hydrogen) atoms. The van der Waals surface area contributed by atoms with Gasteiger partial charge in [0.1, 0.15) is 11.8 Å². The molecule has 7 nitrogen and oxygen atoms in total. The number of rotatable bonds is 4. The summed E-state index contributed by atoms with van der Waals surface area (Å²) in [5, 5.41) is 11.5. The Hall–Kier alpha value is -1.89. The molecule has 2 atom stereocenters. The minimum absolute atomic E-state index is 0.0428. The number of amidine groups is 1. The first kappa shape index (κ1) is 13.5. The van der Waals surface area contributed by atoms with Gasteiger partial charge in [0.15, 0.2) is 5.84 Å². The lowest BCUT2D eigenvalue weighted by Crippen LogP contribution is -2.30. The van der Waals surface area contributed by atoms with Gasteiger partial charge < -0.3 is 20.4 Å². The number of methoxy groups -OCH3 is 1. The Morgan fingerprint density at radius 2 is 2.26 bits per heavy atom. The molecule has 1 fully saturated rings. The molecule has 0 spiro atoms. The normalized spacial score (nSPS) is 24.2. The van der Waals surface area contributed by atoms with E-state index in [4.69, 9.17) is 20.4 Å². The van der Waals surface area contributed by atoms with Gasteiger partial charge in [-0.05, 0) is 25.3 Å². The van der Waals surface area contributed by atoms with E-state index in [9.17, 15) is 0 Å². The first-order valence-corrected chi connectivity index (χ1v) is 6.23. The summed E-state index contributed by atoms with van der Waals surface area (Å²) in [7, 11) is 1.71. The Bertz CT molecular complexity index is 452. The Morgan fingerprint density at radius 1 is 1.47 bits per heavy atom. The summed E-state index contributed by atoms with van der Waals surface area (Å²) in [4.78, 5) is 8.13. The van der Waals surface area contributed by atoms with Gasteiger partial charge in [0, 0.05) is 19.7 Å². The lowest BCUT2D eigenvalue weighted by atomic mass is 9.95. The molecule has 0 bridgehead atoms. The van der Waals surface area contributed by atoms with Crippen molar-refractivity contribution in [1.82, 2.24) is 9.97 Å². The average Bonchev–Trinajstić information content (AvgIpc) is 2.47.